The summed E-state index contributed by atoms with van der Waals surface area (Å²) in [6, 6.07) is 0. The van der Waals surface area contributed by atoms with Gasteiger partial charge < -0.3 is 10.6 Å². The summed E-state index contributed by atoms with van der Waals surface area (Å²) in [6.07, 6.45) is 1.06. The fraction of sp³-hybridized carbons (Fsp3) is 0.889. The van der Waals surface area contributed by atoms with E-state index in [1.807, 2.05) is 20.8 Å². The number of carbonyl (C=O) groups excluding carboxylic acids is 1. The van der Waals surface area contributed by atoms with Crippen LogP contribution >= 0.6 is 0 Å². The molecule has 0 saturated heterocycles. The molecule has 2 N–H and O–H groups in total. The van der Waals surface area contributed by atoms with E-state index in [9.17, 15) is 4.79 Å². The Hall–Kier alpha value is -0.570. The van der Waals surface area contributed by atoms with Crippen molar-refractivity contribution < 1.29 is 4.79 Å². The van der Waals surface area contributed by atoms with Gasteiger partial charge in [0.15, 0.2) is 0 Å². The second kappa shape index (κ2) is 5.14. The smallest absolute Gasteiger partial charge is 0.234 e. The maximum Gasteiger partial charge on any atom is 0.234 e. The van der Waals surface area contributed by atoms with Gasteiger partial charge in [-0.15, -0.1) is 0 Å². The lowest BCUT2D eigenvalue weighted by molar-refractivity contribution is -0.121. The fourth-order valence-electron chi connectivity index (χ4n) is 0.841. The van der Waals surface area contributed by atoms with Gasteiger partial charge >= 0.3 is 0 Å². The highest BCUT2D eigenvalue weighted by Gasteiger charge is 2.12. The Morgan fingerprint density at radius 3 is 2.33 bits per heavy atom. The van der Waals surface area contributed by atoms with Crippen LogP contribution in [-0.2, 0) is 4.79 Å². The topological polar surface area (TPSA) is 41.1 Å². The molecular weight excluding hydrogens is 152 g/mol. The van der Waals surface area contributed by atoms with Crippen molar-refractivity contribution in [1.29, 1.82) is 0 Å². The predicted octanol–water partition coefficient (Wildman–Crippen LogP) is 0.901. The molecule has 0 saturated carbocycles. The van der Waals surface area contributed by atoms with Gasteiger partial charge in [-0.25, -0.2) is 0 Å². The summed E-state index contributed by atoms with van der Waals surface area (Å²) in [5.74, 6) is 0.0657. The van der Waals surface area contributed by atoms with Crippen molar-refractivity contribution in [2.45, 2.75) is 39.7 Å². The fourth-order valence-corrected chi connectivity index (χ4v) is 0.841. The number of hydrogen-bond acceptors (Lipinski definition) is 2. The Bertz CT molecular complexity index is 138. The van der Waals surface area contributed by atoms with Crippen LogP contribution in [0, 0.1) is 0 Å². The van der Waals surface area contributed by atoms with Crippen LogP contribution in [0.3, 0.4) is 0 Å². The molecule has 0 unspecified atom stereocenters. The van der Waals surface area contributed by atoms with Crippen LogP contribution in [0.2, 0.25) is 0 Å². The highest BCUT2D eigenvalue weighted by atomic mass is 16.2. The summed E-state index contributed by atoms with van der Waals surface area (Å²) in [6.45, 7) is 9.33. The SMILES string of the molecule is CCCNCC(=O)NC(C)(C)C. The minimum atomic E-state index is -0.120. The molecule has 0 spiro atoms. The van der Waals surface area contributed by atoms with E-state index in [0.29, 0.717) is 6.54 Å². The first kappa shape index (κ1) is 11.4. The maximum atomic E-state index is 11.2. The normalized spacial score (nSPS) is 11.3. The molecule has 3 heteroatoms. The molecular formula is C9H20N2O. The van der Waals surface area contributed by atoms with Crippen molar-refractivity contribution in [2.24, 2.45) is 0 Å². The molecule has 0 rings (SSSR count). The molecule has 0 aromatic heterocycles. The van der Waals surface area contributed by atoms with E-state index in [0.717, 1.165) is 13.0 Å². The summed E-state index contributed by atoms with van der Waals surface area (Å²) in [5.41, 5.74) is -0.120. The molecule has 0 fully saturated rings. The van der Waals surface area contributed by atoms with E-state index in [4.69, 9.17) is 0 Å². The van der Waals surface area contributed by atoms with E-state index in [1.165, 1.54) is 0 Å². The molecule has 0 aliphatic carbocycles. The van der Waals surface area contributed by atoms with Gasteiger partial charge in [-0.2, -0.15) is 0 Å². The average molecular weight is 172 g/mol. The van der Waals surface area contributed by atoms with Gasteiger partial charge in [0.2, 0.25) is 5.91 Å². The van der Waals surface area contributed by atoms with Gasteiger partial charge in [0.25, 0.3) is 0 Å². The van der Waals surface area contributed by atoms with Crippen LogP contribution in [0.5, 0.6) is 0 Å². The van der Waals surface area contributed by atoms with Crippen LogP contribution in [0.25, 0.3) is 0 Å². The highest BCUT2D eigenvalue weighted by Crippen LogP contribution is 1.96. The number of hydrogen-bond donors (Lipinski definition) is 2. The Kier molecular flexibility index (Phi) is 4.90. The Morgan fingerprint density at radius 1 is 1.33 bits per heavy atom. The zero-order valence-corrected chi connectivity index (χ0v) is 8.53. The van der Waals surface area contributed by atoms with Gasteiger partial charge in [0.05, 0.1) is 6.54 Å². The first-order valence-corrected chi connectivity index (χ1v) is 4.47. The second-order valence-electron chi connectivity index (χ2n) is 3.97. The third-order valence-corrected chi connectivity index (χ3v) is 1.23. The lowest BCUT2D eigenvalue weighted by Crippen LogP contribution is -2.44. The van der Waals surface area contributed by atoms with E-state index < -0.39 is 0 Å². The third kappa shape index (κ3) is 7.54. The largest absolute Gasteiger partial charge is 0.350 e. The van der Waals surface area contributed by atoms with Gasteiger partial charge in [0.1, 0.15) is 0 Å². The van der Waals surface area contributed by atoms with Crippen molar-refractivity contribution in [3.63, 3.8) is 0 Å². The average Bonchev–Trinajstić information content (AvgIpc) is 1.84. The minimum Gasteiger partial charge on any atom is -0.350 e. The van der Waals surface area contributed by atoms with E-state index in [1.54, 1.807) is 0 Å². The molecule has 0 aromatic carbocycles. The number of carbonyl (C=O) groups is 1. The molecule has 0 bridgehead atoms. The van der Waals surface area contributed by atoms with E-state index >= 15 is 0 Å². The Morgan fingerprint density at radius 2 is 1.92 bits per heavy atom. The van der Waals surface area contributed by atoms with Crippen LogP contribution in [-0.4, -0.2) is 24.5 Å². The standard InChI is InChI=1S/C9H20N2O/c1-5-6-10-7-8(12)11-9(2,3)4/h10H,5-7H2,1-4H3,(H,11,12). The number of amides is 1. The lowest BCUT2D eigenvalue weighted by atomic mass is 10.1. The number of rotatable bonds is 4. The molecule has 0 aliphatic rings. The van der Waals surface area contributed by atoms with Gasteiger partial charge in [-0.05, 0) is 33.7 Å². The first-order valence-electron chi connectivity index (χ1n) is 4.47. The summed E-state index contributed by atoms with van der Waals surface area (Å²) < 4.78 is 0. The summed E-state index contributed by atoms with van der Waals surface area (Å²) in [7, 11) is 0. The molecule has 3 nitrogen and oxygen atoms in total. The molecule has 0 aromatic rings. The monoisotopic (exact) mass is 172 g/mol. The lowest BCUT2D eigenvalue weighted by Gasteiger charge is -2.20. The predicted molar refractivity (Wildman–Crippen MR) is 51.1 cm³/mol. The van der Waals surface area contributed by atoms with E-state index in [2.05, 4.69) is 17.6 Å². The van der Waals surface area contributed by atoms with Crippen LogP contribution < -0.4 is 10.6 Å². The zero-order valence-electron chi connectivity index (χ0n) is 8.53. The highest BCUT2D eigenvalue weighted by molar-refractivity contribution is 5.78. The first-order chi connectivity index (χ1) is 5.45. The molecule has 0 atom stereocenters. The van der Waals surface area contributed by atoms with Crippen molar-refractivity contribution in [1.82, 2.24) is 10.6 Å². The van der Waals surface area contributed by atoms with Crippen molar-refractivity contribution >= 4 is 5.91 Å². The molecule has 72 valence electrons. The quantitative estimate of drug-likeness (QED) is 0.619. The number of nitrogens with one attached hydrogen (secondary N) is 2. The maximum absolute atomic E-state index is 11.2. The molecule has 0 heterocycles. The minimum absolute atomic E-state index is 0.0657. The molecule has 0 aliphatic heterocycles. The van der Waals surface area contributed by atoms with Gasteiger partial charge in [-0.1, -0.05) is 6.92 Å². The van der Waals surface area contributed by atoms with Crippen molar-refractivity contribution in [3.05, 3.63) is 0 Å². The third-order valence-electron chi connectivity index (χ3n) is 1.23. The summed E-state index contributed by atoms with van der Waals surface area (Å²) in [4.78, 5) is 11.2. The summed E-state index contributed by atoms with van der Waals surface area (Å²) in [5, 5.41) is 5.92. The second-order valence-corrected chi connectivity index (χ2v) is 3.97. The van der Waals surface area contributed by atoms with Crippen molar-refractivity contribution in [3.8, 4) is 0 Å². The Labute approximate surface area is 74.9 Å². The molecule has 1 amide bonds. The Balaban J connectivity index is 3.47. The van der Waals surface area contributed by atoms with Crippen LogP contribution in [0.15, 0.2) is 0 Å². The molecule has 0 radical (unpaired) electrons. The summed E-state index contributed by atoms with van der Waals surface area (Å²) >= 11 is 0. The van der Waals surface area contributed by atoms with Crippen LogP contribution in [0.4, 0.5) is 0 Å². The van der Waals surface area contributed by atoms with Gasteiger partial charge in [-0.3, -0.25) is 4.79 Å². The van der Waals surface area contributed by atoms with Crippen molar-refractivity contribution in [2.75, 3.05) is 13.1 Å². The zero-order chi connectivity index (χ0) is 9.61. The van der Waals surface area contributed by atoms with E-state index in [-0.39, 0.29) is 11.4 Å². The van der Waals surface area contributed by atoms with Crippen LogP contribution in [0.1, 0.15) is 34.1 Å². The molecule has 12 heavy (non-hydrogen) atoms. The van der Waals surface area contributed by atoms with Gasteiger partial charge in [0, 0.05) is 5.54 Å².